The van der Waals surface area contributed by atoms with Crippen molar-refractivity contribution < 1.29 is 0 Å². The molecule has 2 rings (SSSR count). The highest BCUT2D eigenvalue weighted by atomic mass is 35.5. The maximum atomic E-state index is 5.50. The Morgan fingerprint density at radius 2 is 1.93 bits per heavy atom. The molecule has 4 heteroatoms. The van der Waals surface area contributed by atoms with Crippen molar-refractivity contribution in [3.05, 3.63) is 42.2 Å². The third-order valence-electron chi connectivity index (χ3n) is 1.96. The molecule has 0 aliphatic rings. The lowest BCUT2D eigenvalue weighted by atomic mass is 10.1. The quantitative estimate of drug-likeness (QED) is 0.795. The summed E-state index contributed by atoms with van der Waals surface area (Å²) in [4.78, 5) is 7.20. The largest absolute Gasteiger partial charge is 0.345 e. The number of imidazole rings is 1. The first-order valence-corrected chi connectivity index (χ1v) is 4.19. The van der Waals surface area contributed by atoms with Gasteiger partial charge in [-0.3, -0.25) is 0 Å². The van der Waals surface area contributed by atoms with Gasteiger partial charge < -0.3 is 10.7 Å². The lowest BCUT2D eigenvalue weighted by molar-refractivity contribution is 1.07. The number of halogens is 1. The van der Waals surface area contributed by atoms with Crippen LogP contribution in [0.1, 0.15) is 5.56 Å². The van der Waals surface area contributed by atoms with Gasteiger partial charge in [-0.2, -0.15) is 0 Å². The Morgan fingerprint density at radius 3 is 2.43 bits per heavy atom. The van der Waals surface area contributed by atoms with E-state index in [1.165, 1.54) is 0 Å². The average Bonchev–Trinajstić information content (AvgIpc) is 2.71. The van der Waals surface area contributed by atoms with Gasteiger partial charge in [-0.15, -0.1) is 12.4 Å². The maximum Gasteiger partial charge on any atom is 0.137 e. The molecule has 1 heterocycles. The highest BCUT2D eigenvalue weighted by Gasteiger charge is 1.97. The first-order valence-electron chi connectivity index (χ1n) is 4.19. The number of hydrogen-bond acceptors (Lipinski definition) is 2. The fourth-order valence-electron chi connectivity index (χ4n) is 1.22. The first-order chi connectivity index (χ1) is 6.40. The van der Waals surface area contributed by atoms with E-state index in [-0.39, 0.29) is 12.4 Å². The molecule has 1 aromatic heterocycles. The summed E-state index contributed by atoms with van der Waals surface area (Å²) >= 11 is 0. The van der Waals surface area contributed by atoms with E-state index in [2.05, 4.69) is 9.97 Å². The molecule has 0 aliphatic heterocycles. The number of nitrogens with zero attached hydrogens (tertiary/aromatic N) is 1. The third-order valence-corrected chi connectivity index (χ3v) is 1.96. The molecule has 3 N–H and O–H groups in total. The van der Waals surface area contributed by atoms with Crippen LogP contribution in [-0.4, -0.2) is 9.97 Å². The van der Waals surface area contributed by atoms with Crippen LogP contribution in [0.4, 0.5) is 0 Å². The van der Waals surface area contributed by atoms with Gasteiger partial charge in [-0.25, -0.2) is 4.98 Å². The van der Waals surface area contributed by atoms with Crippen molar-refractivity contribution in [1.82, 2.24) is 9.97 Å². The van der Waals surface area contributed by atoms with Crippen LogP contribution >= 0.6 is 12.4 Å². The van der Waals surface area contributed by atoms with Crippen molar-refractivity contribution in [2.24, 2.45) is 5.73 Å². The fraction of sp³-hybridized carbons (Fsp3) is 0.100. The van der Waals surface area contributed by atoms with Crippen LogP contribution in [0.25, 0.3) is 11.4 Å². The molecule has 0 saturated heterocycles. The van der Waals surface area contributed by atoms with Crippen LogP contribution < -0.4 is 5.73 Å². The molecule has 0 atom stereocenters. The minimum Gasteiger partial charge on any atom is -0.345 e. The molecular formula is C10H12ClN3. The molecule has 3 nitrogen and oxygen atoms in total. The molecule has 0 amide bonds. The number of aromatic nitrogens is 2. The Hall–Kier alpha value is -1.32. The molecule has 1 aromatic carbocycles. The lowest BCUT2D eigenvalue weighted by Gasteiger charge is -1.98. The monoisotopic (exact) mass is 209 g/mol. The van der Waals surface area contributed by atoms with Crippen molar-refractivity contribution >= 4 is 12.4 Å². The Bertz CT molecular complexity index is 367. The highest BCUT2D eigenvalue weighted by molar-refractivity contribution is 5.85. The highest BCUT2D eigenvalue weighted by Crippen LogP contribution is 2.14. The predicted molar refractivity (Wildman–Crippen MR) is 59.2 cm³/mol. The number of aromatic amines is 1. The zero-order chi connectivity index (χ0) is 9.10. The fourth-order valence-corrected chi connectivity index (χ4v) is 1.22. The topological polar surface area (TPSA) is 54.7 Å². The van der Waals surface area contributed by atoms with Crippen LogP contribution in [-0.2, 0) is 6.54 Å². The van der Waals surface area contributed by atoms with Crippen molar-refractivity contribution in [2.75, 3.05) is 0 Å². The molecule has 0 radical (unpaired) electrons. The zero-order valence-electron chi connectivity index (χ0n) is 7.60. The predicted octanol–water partition coefficient (Wildman–Crippen LogP) is 1.96. The summed E-state index contributed by atoms with van der Waals surface area (Å²) in [6, 6.07) is 8.05. The van der Waals surface area contributed by atoms with Crippen LogP contribution in [0.15, 0.2) is 36.7 Å². The number of rotatable bonds is 2. The Labute approximate surface area is 88.8 Å². The summed E-state index contributed by atoms with van der Waals surface area (Å²) in [5, 5.41) is 0. The van der Waals surface area contributed by atoms with E-state index in [9.17, 15) is 0 Å². The summed E-state index contributed by atoms with van der Waals surface area (Å²) in [5.41, 5.74) is 7.72. The second-order valence-corrected chi connectivity index (χ2v) is 2.84. The second-order valence-electron chi connectivity index (χ2n) is 2.84. The SMILES string of the molecule is Cl.NCc1ccc(-c2ncc[nH]2)cc1. The van der Waals surface area contributed by atoms with E-state index in [4.69, 9.17) is 5.73 Å². The molecule has 0 fully saturated rings. The molecule has 0 aliphatic carbocycles. The van der Waals surface area contributed by atoms with Crippen LogP contribution in [0.2, 0.25) is 0 Å². The van der Waals surface area contributed by atoms with Gasteiger partial charge in [0, 0.05) is 24.5 Å². The number of nitrogens with two attached hydrogens (primary N) is 1. The molecule has 0 spiro atoms. The molecule has 74 valence electrons. The molecule has 14 heavy (non-hydrogen) atoms. The standard InChI is InChI=1S/C10H11N3.ClH/c11-7-8-1-3-9(4-2-8)10-12-5-6-13-10;/h1-6H,7,11H2,(H,12,13);1H. The van der Waals surface area contributed by atoms with Crippen molar-refractivity contribution in [3.8, 4) is 11.4 Å². The van der Waals surface area contributed by atoms with Crippen LogP contribution in [0, 0.1) is 0 Å². The van der Waals surface area contributed by atoms with Crippen molar-refractivity contribution in [1.29, 1.82) is 0 Å². The summed E-state index contributed by atoms with van der Waals surface area (Å²) in [7, 11) is 0. The van der Waals surface area contributed by atoms with Crippen LogP contribution in [0.5, 0.6) is 0 Å². The van der Waals surface area contributed by atoms with Crippen molar-refractivity contribution in [3.63, 3.8) is 0 Å². The van der Waals surface area contributed by atoms with Gasteiger partial charge in [0.25, 0.3) is 0 Å². The van der Waals surface area contributed by atoms with E-state index in [0.717, 1.165) is 17.0 Å². The minimum absolute atomic E-state index is 0. The van der Waals surface area contributed by atoms with Crippen molar-refractivity contribution in [2.45, 2.75) is 6.54 Å². The smallest absolute Gasteiger partial charge is 0.137 e. The molecule has 0 unspecified atom stereocenters. The Balaban J connectivity index is 0.000000980. The Morgan fingerprint density at radius 1 is 1.21 bits per heavy atom. The summed E-state index contributed by atoms with van der Waals surface area (Å²) in [6.07, 6.45) is 3.55. The third kappa shape index (κ3) is 2.13. The van der Waals surface area contributed by atoms with Gasteiger partial charge in [-0.1, -0.05) is 24.3 Å². The number of H-pyrrole nitrogens is 1. The van der Waals surface area contributed by atoms with Gasteiger partial charge in [0.15, 0.2) is 0 Å². The maximum absolute atomic E-state index is 5.50. The van der Waals surface area contributed by atoms with Gasteiger partial charge in [0.2, 0.25) is 0 Å². The van der Waals surface area contributed by atoms with E-state index in [1.54, 1.807) is 6.20 Å². The van der Waals surface area contributed by atoms with Gasteiger partial charge >= 0.3 is 0 Å². The van der Waals surface area contributed by atoms with E-state index in [1.807, 2.05) is 30.5 Å². The van der Waals surface area contributed by atoms with E-state index < -0.39 is 0 Å². The molecule has 2 aromatic rings. The first kappa shape index (κ1) is 10.8. The number of nitrogens with one attached hydrogen (secondary N) is 1. The molecule has 0 bridgehead atoms. The molecular weight excluding hydrogens is 198 g/mol. The Kier molecular flexibility index (Phi) is 3.68. The summed E-state index contributed by atoms with van der Waals surface area (Å²) < 4.78 is 0. The van der Waals surface area contributed by atoms with E-state index >= 15 is 0 Å². The number of benzene rings is 1. The zero-order valence-corrected chi connectivity index (χ0v) is 8.42. The molecule has 0 saturated carbocycles. The number of hydrogen-bond donors (Lipinski definition) is 2. The summed E-state index contributed by atoms with van der Waals surface area (Å²) in [6.45, 7) is 0.582. The normalized spacial score (nSPS) is 9.50. The minimum atomic E-state index is 0. The van der Waals surface area contributed by atoms with Gasteiger partial charge in [0.05, 0.1) is 0 Å². The van der Waals surface area contributed by atoms with Gasteiger partial charge in [-0.05, 0) is 5.56 Å². The summed E-state index contributed by atoms with van der Waals surface area (Å²) in [5.74, 6) is 0.892. The van der Waals surface area contributed by atoms with Gasteiger partial charge in [0.1, 0.15) is 5.82 Å². The van der Waals surface area contributed by atoms with Crippen LogP contribution in [0.3, 0.4) is 0 Å². The van der Waals surface area contributed by atoms with E-state index in [0.29, 0.717) is 6.54 Å². The lowest BCUT2D eigenvalue weighted by Crippen LogP contribution is -1.95. The average molecular weight is 210 g/mol. The second kappa shape index (κ2) is 4.79.